The van der Waals surface area contributed by atoms with Gasteiger partial charge < -0.3 is 9.84 Å². The van der Waals surface area contributed by atoms with Gasteiger partial charge in [-0.25, -0.2) is 14.2 Å². The van der Waals surface area contributed by atoms with Crippen molar-refractivity contribution in [2.24, 2.45) is 0 Å². The lowest BCUT2D eigenvalue weighted by atomic mass is 10.2. The van der Waals surface area contributed by atoms with Gasteiger partial charge in [0.1, 0.15) is 16.6 Å². The number of benzene rings is 2. The minimum Gasteiger partial charge on any atom is -0.495 e. The molecule has 0 saturated heterocycles. The third-order valence-corrected chi connectivity index (χ3v) is 7.09. The van der Waals surface area contributed by atoms with Crippen LogP contribution in [0.4, 0.5) is 10.1 Å². The Kier molecular flexibility index (Phi) is 5.18. The maximum absolute atomic E-state index is 13.1. The highest BCUT2D eigenvalue weighted by Crippen LogP contribution is 2.36. The first kappa shape index (κ1) is 20.3. The van der Waals surface area contributed by atoms with Gasteiger partial charge >= 0.3 is 16.2 Å². The maximum atomic E-state index is 13.1. The summed E-state index contributed by atoms with van der Waals surface area (Å²) in [4.78, 5) is 16.4. The topological polar surface area (TPSA) is 109 Å². The molecule has 0 amide bonds. The minimum atomic E-state index is -3.93. The summed E-state index contributed by atoms with van der Waals surface area (Å²) in [5.41, 5.74) is 1.54. The SMILES string of the molecule is COc1cc(C(=O)O)ccc1NS(=O)(=O)N1Cc2nc(-c3ccc(F)cc3)sc2C1. The number of nitrogens with zero attached hydrogens (tertiary/aromatic N) is 2. The molecule has 1 aliphatic heterocycles. The van der Waals surface area contributed by atoms with E-state index in [0.717, 1.165) is 10.4 Å². The van der Waals surface area contributed by atoms with Crippen molar-refractivity contribution < 1.29 is 27.4 Å². The van der Waals surface area contributed by atoms with Gasteiger partial charge in [0.05, 0.1) is 37.1 Å². The fraction of sp³-hybridized carbons (Fsp3) is 0.158. The van der Waals surface area contributed by atoms with E-state index < -0.39 is 16.2 Å². The molecule has 0 aliphatic carbocycles. The van der Waals surface area contributed by atoms with Gasteiger partial charge in [0.15, 0.2) is 0 Å². The van der Waals surface area contributed by atoms with Gasteiger partial charge in [-0.3, -0.25) is 4.72 Å². The number of fused-ring (bicyclic) bond motifs is 1. The monoisotopic (exact) mass is 449 g/mol. The highest BCUT2D eigenvalue weighted by atomic mass is 32.2. The smallest absolute Gasteiger partial charge is 0.335 e. The summed E-state index contributed by atoms with van der Waals surface area (Å²) in [5.74, 6) is -1.38. The van der Waals surface area contributed by atoms with Crippen LogP contribution in [0.3, 0.4) is 0 Å². The second-order valence-electron chi connectivity index (χ2n) is 6.49. The molecule has 0 bridgehead atoms. The van der Waals surface area contributed by atoms with Gasteiger partial charge in [-0.05, 0) is 42.5 Å². The summed E-state index contributed by atoms with van der Waals surface area (Å²) < 4.78 is 47.6. The fourth-order valence-electron chi connectivity index (χ4n) is 3.01. The molecule has 0 saturated carbocycles. The van der Waals surface area contributed by atoms with Gasteiger partial charge in [-0.2, -0.15) is 12.7 Å². The molecule has 3 aromatic rings. The number of aromatic carboxylic acids is 1. The molecule has 0 fully saturated rings. The van der Waals surface area contributed by atoms with Crippen molar-refractivity contribution in [3.63, 3.8) is 0 Å². The van der Waals surface area contributed by atoms with Gasteiger partial charge in [0, 0.05) is 10.4 Å². The molecule has 2 aromatic carbocycles. The summed E-state index contributed by atoms with van der Waals surface area (Å²) in [6, 6.07) is 9.85. The van der Waals surface area contributed by atoms with E-state index in [0.29, 0.717) is 10.7 Å². The molecular formula is C19H16FN3O5S2. The lowest BCUT2D eigenvalue weighted by molar-refractivity contribution is 0.0696. The average Bonchev–Trinajstić information content (AvgIpc) is 3.28. The van der Waals surface area contributed by atoms with Gasteiger partial charge in [0.25, 0.3) is 0 Å². The molecule has 4 rings (SSSR count). The highest BCUT2D eigenvalue weighted by Gasteiger charge is 2.33. The number of nitrogens with one attached hydrogen (secondary N) is 1. The van der Waals surface area contributed by atoms with E-state index in [-0.39, 0.29) is 35.9 Å². The van der Waals surface area contributed by atoms with Crippen LogP contribution in [0.15, 0.2) is 42.5 Å². The molecule has 0 unspecified atom stereocenters. The van der Waals surface area contributed by atoms with E-state index in [1.54, 1.807) is 12.1 Å². The normalized spacial score (nSPS) is 13.8. The lowest BCUT2D eigenvalue weighted by Crippen LogP contribution is -2.31. The molecule has 0 atom stereocenters. The summed E-state index contributed by atoms with van der Waals surface area (Å²) in [6.45, 7) is 0.247. The standard InChI is InChI=1S/C19H16FN3O5S2/c1-28-16-8-12(19(24)25)4-7-14(16)22-30(26,27)23-9-15-17(10-23)29-18(21-15)11-2-5-13(20)6-3-11/h2-8,22H,9-10H2,1H3,(H,24,25). The number of ether oxygens (including phenoxy) is 1. The van der Waals surface area contributed by atoms with E-state index in [1.807, 2.05) is 0 Å². The Morgan fingerprint density at radius 3 is 2.60 bits per heavy atom. The third kappa shape index (κ3) is 3.86. The molecule has 11 heteroatoms. The van der Waals surface area contributed by atoms with Crippen molar-refractivity contribution >= 4 is 33.2 Å². The number of aromatic nitrogens is 1. The highest BCUT2D eigenvalue weighted by molar-refractivity contribution is 7.90. The van der Waals surface area contributed by atoms with Crippen molar-refractivity contribution in [2.45, 2.75) is 13.1 Å². The van der Waals surface area contributed by atoms with Crippen molar-refractivity contribution in [3.8, 4) is 16.3 Å². The van der Waals surface area contributed by atoms with Crippen molar-refractivity contribution in [1.82, 2.24) is 9.29 Å². The number of thiazole rings is 1. The molecule has 0 radical (unpaired) electrons. The van der Waals surface area contributed by atoms with E-state index in [9.17, 15) is 17.6 Å². The number of hydrogen-bond acceptors (Lipinski definition) is 6. The Morgan fingerprint density at radius 2 is 1.97 bits per heavy atom. The predicted octanol–water partition coefficient (Wildman–Crippen LogP) is 3.33. The van der Waals surface area contributed by atoms with Crippen LogP contribution in [-0.4, -0.2) is 35.9 Å². The average molecular weight is 449 g/mol. The number of anilines is 1. The van der Waals surface area contributed by atoms with Crippen molar-refractivity contribution in [1.29, 1.82) is 0 Å². The lowest BCUT2D eigenvalue weighted by Gasteiger charge is -2.18. The molecule has 0 spiro atoms. The second-order valence-corrected chi connectivity index (χ2v) is 9.25. The van der Waals surface area contributed by atoms with Crippen LogP contribution in [0.1, 0.15) is 20.9 Å². The van der Waals surface area contributed by atoms with E-state index in [2.05, 4.69) is 9.71 Å². The molecular weight excluding hydrogens is 433 g/mol. The number of halogens is 1. The summed E-state index contributed by atoms with van der Waals surface area (Å²) in [6.07, 6.45) is 0. The molecule has 30 heavy (non-hydrogen) atoms. The van der Waals surface area contributed by atoms with Crippen LogP contribution in [0.5, 0.6) is 5.75 Å². The largest absolute Gasteiger partial charge is 0.495 e. The number of rotatable bonds is 6. The van der Waals surface area contributed by atoms with Gasteiger partial charge in [0.2, 0.25) is 0 Å². The Bertz CT molecular complexity index is 1200. The van der Waals surface area contributed by atoms with Crippen molar-refractivity contribution in [2.75, 3.05) is 11.8 Å². The first-order valence-electron chi connectivity index (χ1n) is 8.70. The first-order chi connectivity index (χ1) is 14.3. The Hall–Kier alpha value is -3.02. The molecule has 1 aliphatic rings. The molecule has 156 valence electrons. The number of carboxylic acid groups (broad SMARTS) is 1. The van der Waals surface area contributed by atoms with E-state index in [1.165, 1.54) is 53.1 Å². The molecule has 8 nitrogen and oxygen atoms in total. The third-order valence-electron chi connectivity index (χ3n) is 4.54. The quantitative estimate of drug-likeness (QED) is 0.598. The second kappa shape index (κ2) is 7.67. The zero-order valence-electron chi connectivity index (χ0n) is 15.6. The predicted molar refractivity (Wildman–Crippen MR) is 109 cm³/mol. The van der Waals surface area contributed by atoms with Crippen LogP contribution in [0, 0.1) is 5.82 Å². The van der Waals surface area contributed by atoms with E-state index >= 15 is 0 Å². The molecule has 1 aromatic heterocycles. The zero-order chi connectivity index (χ0) is 21.5. The number of methoxy groups -OCH3 is 1. The fourth-order valence-corrected chi connectivity index (χ4v) is 5.35. The Labute approximate surface area is 175 Å². The van der Waals surface area contributed by atoms with Crippen LogP contribution in [-0.2, 0) is 23.3 Å². The van der Waals surface area contributed by atoms with Crippen LogP contribution in [0.25, 0.3) is 10.6 Å². The zero-order valence-corrected chi connectivity index (χ0v) is 17.3. The summed E-state index contributed by atoms with van der Waals surface area (Å²) in [5, 5.41) is 9.77. The van der Waals surface area contributed by atoms with E-state index in [4.69, 9.17) is 9.84 Å². The van der Waals surface area contributed by atoms with Gasteiger partial charge in [-0.15, -0.1) is 11.3 Å². The molecule has 2 N–H and O–H groups in total. The number of carboxylic acids is 1. The minimum absolute atomic E-state index is 0.0179. The summed E-state index contributed by atoms with van der Waals surface area (Å²) >= 11 is 1.36. The Balaban J connectivity index is 1.52. The summed E-state index contributed by atoms with van der Waals surface area (Å²) in [7, 11) is -2.60. The maximum Gasteiger partial charge on any atom is 0.335 e. The van der Waals surface area contributed by atoms with Gasteiger partial charge in [-0.1, -0.05) is 0 Å². The van der Waals surface area contributed by atoms with Crippen LogP contribution >= 0.6 is 11.3 Å². The molecule has 2 heterocycles. The van der Waals surface area contributed by atoms with Crippen molar-refractivity contribution in [3.05, 3.63) is 64.4 Å². The van der Waals surface area contributed by atoms with Crippen LogP contribution in [0.2, 0.25) is 0 Å². The number of hydrogen-bond donors (Lipinski definition) is 2. The number of carbonyl (C=O) groups is 1. The first-order valence-corrected chi connectivity index (χ1v) is 11.0. The van der Waals surface area contributed by atoms with Crippen LogP contribution < -0.4 is 9.46 Å². The Morgan fingerprint density at radius 1 is 1.23 bits per heavy atom.